The van der Waals surface area contributed by atoms with Gasteiger partial charge in [-0.15, -0.1) is 0 Å². The molecule has 0 saturated carbocycles. The molecule has 1 N–H and O–H groups in total. The van der Waals surface area contributed by atoms with E-state index < -0.39 is 5.97 Å². The van der Waals surface area contributed by atoms with E-state index in [-0.39, 0.29) is 17.4 Å². The van der Waals surface area contributed by atoms with Crippen LogP contribution in [0.5, 0.6) is 0 Å². The van der Waals surface area contributed by atoms with E-state index in [1.807, 2.05) is 11.8 Å². The number of aromatic carboxylic acids is 1. The number of pyridine rings is 1. The van der Waals surface area contributed by atoms with E-state index in [9.17, 15) is 9.18 Å². The Labute approximate surface area is 122 Å². The van der Waals surface area contributed by atoms with Crippen LogP contribution in [0.2, 0.25) is 0 Å². The maximum atomic E-state index is 13.8. The lowest BCUT2D eigenvalue weighted by Crippen LogP contribution is -2.24. The summed E-state index contributed by atoms with van der Waals surface area (Å²) in [6, 6.07) is 9.53. The minimum atomic E-state index is -1.00. The van der Waals surface area contributed by atoms with E-state index in [2.05, 4.69) is 4.98 Å². The molecule has 0 aliphatic heterocycles. The molecule has 5 heteroatoms. The van der Waals surface area contributed by atoms with E-state index in [0.717, 1.165) is 0 Å². The topological polar surface area (TPSA) is 53.4 Å². The van der Waals surface area contributed by atoms with Crippen molar-refractivity contribution < 1.29 is 14.3 Å². The molecule has 0 aliphatic carbocycles. The van der Waals surface area contributed by atoms with Crippen LogP contribution in [-0.4, -0.2) is 23.1 Å². The standard InChI is InChI=1S/C16H17FN2O2/c1-10-12(16(20)21)8-9-15(18-10)19(3)11(2)13-6-4-5-7-14(13)17/h4-9,11H,1-3H3,(H,20,21). The third-order valence-electron chi connectivity index (χ3n) is 3.60. The summed E-state index contributed by atoms with van der Waals surface area (Å²) in [6.45, 7) is 3.52. The highest BCUT2D eigenvalue weighted by Crippen LogP contribution is 2.26. The molecule has 110 valence electrons. The Morgan fingerprint density at radius 2 is 1.95 bits per heavy atom. The summed E-state index contributed by atoms with van der Waals surface area (Å²) in [5.41, 5.74) is 1.18. The van der Waals surface area contributed by atoms with E-state index >= 15 is 0 Å². The van der Waals surface area contributed by atoms with Crippen LogP contribution in [0.3, 0.4) is 0 Å². The monoisotopic (exact) mass is 288 g/mol. The van der Waals surface area contributed by atoms with Crippen LogP contribution in [0.4, 0.5) is 10.2 Å². The molecular weight excluding hydrogens is 271 g/mol. The number of anilines is 1. The van der Waals surface area contributed by atoms with Crippen molar-refractivity contribution in [3.8, 4) is 0 Å². The van der Waals surface area contributed by atoms with Gasteiger partial charge in [-0.3, -0.25) is 0 Å². The van der Waals surface area contributed by atoms with Crippen molar-refractivity contribution in [1.82, 2.24) is 4.98 Å². The Morgan fingerprint density at radius 1 is 1.29 bits per heavy atom. The maximum absolute atomic E-state index is 13.8. The van der Waals surface area contributed by atoms with Gasteiger partial charge in [0.05, 0.1) is 17.3 Å². The van der Waals surface area contributed by atoms with Crippen molar-refractivity contribution in [3.63, 3.8) is 0 Å². The number of nitrogens with zero attached hydrogens (tertiary/aromatic N) is 2. The number of aryl methyl sites for hydroxylation is 1. The minimum absolute atomic E-state index is 0.172. The van der Waals surface area contributed by atoms with Crippen molar-refractivity contribution in [2.75, 3.05) is 11.9 Å². The lowest BCUT2D eigenvalue weighted by molar-refractivity contribution is 0.0695. The highest BCUT2D eigenvalue weighted by Gasteiger charge is 2.18. The first-order valence-corrected chi connectivity index (χ1v) is 6.60. The molecule has 0 aliphatic rings. The molecule has 1 atom stereocenters. The molecule has 1 heterocycles. The number of carbonyl (C=O) groups is 1. The van der Waals surface area contributed by atoms with Gasteiger partial charge in [0.2, 0.25) is 0 Å². The Balaban J connectivity index is 2.32. The van der Waals surface area contributed by atoms with Gasteiger partial charge in [-0.05, 0) is 32.0 Å². The molecule has 21 heavy (non-hydrogen) atoms. The Morgan fingerprint density at radius 3 is 2.52 bits per heavy atom. The van der Waals surface area contributed by atoms with Crippen LogP contribution in [0.1, 0.15) is 34.6 Å². The van der Waals surface area contributed by atoms with E-state index in [1.54, 1.807) is 38.2 Å². The van der Waals surface area contributed by atoms with Crippen LogP contribution in [0, 0.1) is 12.7 Å². The summed E-state index contributed by atoms with van der Waals surface area (Å²) >= 11 is 0. The third-order valence-corrected chi connectivity index (χ3v) is 3.60. The summed E-state index contributed by atoms with van der Waals surface area (Å²) in [4.78, 5) is 17.1. The summed E-state index contributed by atoms with van der Waals surface area (Å²) in [5, 5.41) is 9.02. The number of benzene rings is 1. The number of aromatic nitrogens is 1. The number of rotatable bonds is 4. The van der Waals surface area contributed by atoms with Crippen LogP contribution in [0.15, 0.2) is 36.4 Å². The van der Waals surface area contributed by atoms with Gasteiger partial charge in [-0.2, -0.15) is 0 Å². The maximum Gasteiger partial charge on any atom is 0.337 e. The van der Waals surface area contributed by atoms with Crippen molar-refractivity contribution in [1.29, 1.82) is 0 Å². The predicted octanol–water partition coefficient (Wildman–Crippen LogP) is 3.42. The summed E-state index contributed by atoms with van der Waals surface area (Å²) in [7, 11) is 1.80. The van der Waals surface area contributed by atoms with Gasteiger partial charge in [-0.25, -0.2) is 14.2 Å². The molecule has 0 fully saturated rings. The van der Waals surface area contributed by atoms with E-state index in [1.165, 1.54) is 12.1 Å². The first kappa shape index (κ1) is 15.0. The molecule has 0 bridgehead atoms. The zero-order valence-electron chi connectivity index (χ0n) is 12.2. The van der Waals surface area contributed by atoms with Gasteiger partial charge in [-0.1, -0.05) is 18.2 Å². The van der Waals surface area contributed by atoms with Crippen molar-refractivity contribution in [3.05, 3.63) is 59.0 Å². The molecule has 0 radical (unpaired) electrons. The number of carboxylic acid groups (broad SMARTS) is 1. The normalized spacial score (nSPS) is 12.0. The van der Waals surface area contributed by atoms with Crippen molar-refractivity contribution in [2.24, 2.45) is 0 Å². The van der Waals surface area contributed by atoms with Crippen LogP contribution in [0.25, 0.3) is 0 Å². The number of carboxylic acids is 1. The van der Waals surface area contributed by atoms with Gasteiger partial charge in [0, 0.05) is 12.6 Å². The number of hydrogen-bond donors (Lipinski definition) is 1. The second-order valence-corrected chi connectivity index (χ2v) is 4.92. The molecule has 0 spiro atoms. The largest absolute Gasteiger partial charge is 0.478 e. The molecule has 1 aromatic heterocycles. The Bertz CT molecular complexity index is 673. The minimum Gasteiger partial charge on any atom is -0.478 e. The summed E-state index contributed by atoms with van der Waals surface area (Å²) < 4.78 is 13.8. The Kier molecular flexibility index (Phi) is 4.21. The molecular formula is C16H17FN2O2. The predicted molar refractivity (Wildman–Crippen MR) is 79.2 cm³/mol. The van der Waals surface area contributed by atoms with E-state index in [0.29, 0.717) is 17.1 Å². The number of halogens is 1. The van der Waals surface area contributed by atoms with Crippen LogP contribution < -0.4 is 4.90 Å². The third kappa shape index (κ3) is 3.02. The van der Waals surface area contributed by atoms with Gasteiger partial charge in [0.15, 0.2) is 0 Å². The second-order valence-electron chi connectivity index (χ2n) is 4.92. The average Bonchev–Trinajstić information content (AvgIpc) is 2.45. The zero-order valence-corrected chi connectivity index (χ0v) is 12.2. The van der Waals surface area contributed by atoms with Crippen LogP contribution >= 0.6 is 0 Å². The molecule has 0 saturated heterocycles. The molecule has 0 amide bonds. The lowest BCUT2D eigenvalue weighted by Gasteiger charge is -2.27. The quantitative estimate of drug-likeness (QED) is 0.936. The highest BCUT2D eigenvalue weighted by atomic mass is 19.1. The zero-order chi connectivity index (χ0) is 15.6. The van der Waals surface area contributed by atoms with Gasteiger partial charge in [0.1, 0.15) is 11.6 Å². The molecule has 1 unspecified atom stereocenters. The smallest absolute Gasteiger partial charge is 0.337 e. The van der Waals surface area contributed by atoms with Crippen LogP contribution in [-0.2, 0) is 0 Å². The van der Waals surface area contributed by atoms with Gasteiger partial charge < -0.3 is 10.0 Å². The van der Waals surface area contributed by atoms with Crippen molar-refractivity contribution >= 4 is 11.8 Å². The van der Waals surface area contributed by atoms with Crippen molar-refractivity contribution in [2.45, 2.75) is 19.9 Å². The highest BCUT2D eigenvalue weighted by molar-refractivity contribution is 5.89. The average molecular weight is 288 g/mol. The first-order valence-electron chi connectivity index (χ1n) is 6.60. The van der Waals surface area contributed by atoms with E-state index in [4.69, 9.17) is 5.11 Å². The fraction of sp³-hybridized carbons (Fsp3) is 0.250. The second kappa shape index (κ2) is 5.91. The molecule has 4 nitrogen and oxygen atoms in total. The Hall–Kier alpha value is -2.43. The fourth-order valence-electron chi connectivity index (χ4n) is 2.19. The van der Waals surface area contributed by atoms with Gasteiger partial charge in [0.25, 0.3) is 0 Å². The first-order chi connectivity index (χ1) is 9.91. The fourth-order valence-corrected chi connectivity index (χ4v) is 2.19. The molecule has 2 aromatic rings. The summed E-state index contributed by atoms with van der Waals surface area (Å²) in [5.74, 6) is -0.666. The SMILES string of the molecule is Cc1nc(N(C)C(C)c2ccccc2F)ccc1C(=O)O. The summed E-state index contributed by atoms with van der Waals surface area (Å²) in [6.07, 6.45) is 0. The molecule has 1 aromatic carbocycles. The lowest BCUT2D eigenvalue weighted by atomic mass is 10.1. The van der Waals surface area contributed by atoms with Gasteiger partial charge >= 0.3 is 5.97 Å². The molecule has 2 rings (SSSR count). The number of hydrogen-bond acceptors (Lipinski definition) is 3.